The number of hydrogen-bond acceptors (Lipinski definition) is 0. The van der Waals surface area contributed by atoms with Crippen LogP contribution in [0.5, 0.6) is 0 Å². The lowest BCUT2D eigenvalue weighted by molar-refractivity contribution is 0.362. The standard InChI is InChI=1S/C3H8Cl2NO3PS/c4-3(5)1-2-11(6)10(7,8)9/h1,7-9H,2,6H2. The van der Waals surface area contributed by atoms with E-state index in [4.69, 9.17) is 43.0 Å². The van der Waals surface area contributed by atoms with Crippen molar-refractivity contribution in [3.63, 3.8) is 0 Å². The van der Waals surface area contributed by atoms with Gasteiger partial charge in [-0.1, -0.05) is 23.2 Å². The average molecular weight is 240 g/mol. The molecule has 0 aromatic rings. The van der Waals surface area contributed by atoms with Crippen molar-refractivity contribution in [2.75, 3.05) is 5.75 Å². The number of hydrogen-bond donors (Lipinski definition) is 4. The second kappa shape index (κ2) is 4.84. The third kappa shape index (κ3) is 6.13. The zero-order valence-electron chi connectivity index (χ0n) is 5.31. The number of halogens is 2. The van der Waals surface area contributed by atoms with E-state index in [0.717, 1.165) is 0 Å². The Balaban J connectivity index is 4.32. The molecule has 0 rings (SSSR count). The highest BCUT2D eigenvalue weighted by atomic mass is 35.5. The summed E-state index contributed by atoms with van der Waals surface area (Å²) in [5.41, 5.74) is 0. The highest BCUT2D eigenvalue weighted by molar-refractivity contribution is 8.26. The van der Waals surface area contributed by atoms with Crippen LogP contribution in [0.1, 0.15) is 0 Å². The third-order valence-electron chi connectivity index (χ3n) is 0.723. The molecule has 0 bridgehead atoms. The van der Waals surface area contributed by atoms with E-state index in [-0.39, 0.29) is 10.2 Å². The lowest BCUT2D eigenvalue weighted by atomic mass is 10.8. The molecule has 1 unspecified atom stereocenters. The minimum Gasteiger partial charge on any atom is -0.328 e. The van der Waals surface area contributed by atoms with Crippen molar-refractivity contribution in [1.82, 2.24) is 0 Å². The molecule has 0 heterocycles. The van der Waals surface area contributed by atoms with Gasteiger partial charge in [-0.3, -0.25) is 5.14 Å². The monoisotopic (exact) mass is 239 g/mol. The highest BCUT2D eigenvalue weighted by Gasteiger charge is 2.07. The Kier molecular flexibility index (Phi) is 5.26. The summed E-state index contributed by atoms with van der Waals surface area (Å²) in [7, 11) is -1.38. The Morgan fingerprint density at radius 3 is 2.18 bits per heavy atom. The van der Waals surface area contributed by atoms with E-state index >= 15 is 0 Å². The third-order valence-corrected chi connectivity index (χ3v) is 4.50. The van der Waals surface area contributed by atoms with Gasteiger partial charge in [-0.25, -0.2) is 0 Å². The molecule has 0 saturated heterocycles. The van der Waals surface area contributed by atoms with Gasteiger partial charge in [0, 0.05) is 5.75 Å². The average Bonchev–Trinajstić information content (AvgIpc) is 1.80. The van der Waals surface area contributed by atoms with Crippen LogP contribution in [0.3, 0.4) is 0 Å². The molecule has 11 heavy (non-hydrogen) atoms. The number of nitrogens with two attached hydrogens (primary N) is 1. The van der Waals surface area contributed by atoms with Crippen LogP contribution >= 0.6 is 29.9 Å². The molecule has 0 amide bonds. The molecule has 0 aliphatic rings. The van der Waals surface area contributed by atoms with Crippen molar-refractivity contribution in [3.8, 4) is 0 Å². The van der Waals surface area contributed by atoms with Gasteiger partial charge in [0.1, 0.15) is 4.49 Å². The molecule has 4 nitrogen and oxygen atoms in total. The van der Waals surface area contributed by atoms with E-state index in [1.54, 1.807) is 0 Å². The van der Waals surface area contributed by atoms with Crippen LogP contribution in [0.4, 0.5) is 0 Å². The summed E-state index contributed by atoms with van der Waals surface area (Å²) in [5, 5.41) is 5.16. The summed E-state index contributed by atoms with van der Waals surface area (Å²) >= 11 is 10.4. The SMILES string of the molecule is NS(CC=C(Cl)Cl)=P(O)(O)O. The molecular formula is C3H8Cl2NO3PS. The Labute approximate surface area is 76.6 Å². The summed E-state index contributed by atoms with van der Waals surface area (Å²) in [6.07, 6.45) is 1.30. The largest absolute Gasteiger partial charge is 0.328 e. The van der Waals surface area contributed by atoms with Crippen LogP contribution in [0, 0.1) is 0 Å². The van der Waals surface area contributed by atoms with Crippen LogP contribution < -0.4 is 5.14 Å². The molecule has 0 aromatic carbocycles. The minimum atomic E-state index is -3.92. The maximum Gasteiger partial charge on any atom is 0.290 e. The van der Waals surface area contributed by atoms with Crippen molar-refractivity contribution in [2.24, 2.45) is 5.14 Å². The molecule has 0 radical (unpaired) electrons. The van der Waals surface area contributed by atoms with E-state index in [0.29, 0.717) is 0 Å². The summed E-state index contributed by atoms with van der Waals surface area (Å²) in [6, 6.07) is 0. The maximum absolute atomic E-state index is 8.59. The quantitative estimate of drug-likeness (QED) is 0.528. The van der Waals surface area contributed by atoms with E-state index in [1.807, 2.05) is 0 Å². The summed E-state index contributed by atoms with van der Waals surface area (Å²) in [6.45, 7) is -3.92. The predicted octanol–water partition coefficient (Wildman–Crippen LogP) is 0.452. The van der Waals surface area contributed by atoms with Gasteiger partial charge in [0.05, 0.1) is 0 Å². The van der Waals surface area contributed by atoms with Crippen LogP contribution in [0.15, 0.2) is 10.6 Å². The van der Waals surface area contributed by atoms with Crippen molar-refractivity contribution < 1.29 is 14.7 Å². The number of rotatable bonds is 2. The van der Waals surface area contributed by atoms with Gasteiger partial charge in [0.2, 0.25) is 0 Å². The van der Waals surface area contributed by atoms with Crippen molar-refractivity contribution in [1.29, 1.82) is 0 Å². The molecule has 8 heteroatoms. The predicted molar refractivity (Wildman–Crippen MR) is 49.8 cm³/mol. The van der Waals surface area contributed by atoms with E-state index in [1.165, 1.54) is 6.08 Å². The van der Waals surface area contributed by atoms with Crippen molar-refractivity contribution >= 4 is 40.2 Å². The molecule has 0 aliphatic carbocycles. The first-order valence-electron chi connectivity index (χ1n) is 2.38. The molecule has 1 atom stereocenters. The zero-order valence-corrected chi connectivity index (χ0v) is 8.54. The van der Waals surface area contributed by atoms with E-state index in [2.05, 4.69) is 0 Å². The van der Waals surface area contributed by atoms with Crippen LogP contribution in [-0.2, 0) is 10.3 Å². The van der Waals surface area contributed by atoms with Crippen LogP contribution in [0.25, 0.3) is 0 Å². The molecule has 5 N–H and O–H groups in total. The van der Waals surface area contributed by atoms with Crippen LogP contribution in [-0.4, -0.2) is 20.4 Å². The summed E-state index contributed by atoms with van der Waals surface area (Å²) in [5.74, 6) is 0.0552. The Bertz CT molecular complexity index is 212. The first kappa shape index (κ1) is 11.9. The molecule has 68 valence electrons. The van der Waals surface area contributed by atoms with Gasteiger partial charge >= 0.3 is 0 Å². The van der Waals surface area contributed by atoms with Crippen molar-refractivity contribution in [2.45, 2.75) is 0 Å². The Morgan fingerprint density at radius 1 is 1.45 bits per heavy atom. The summed E-state index contributed by atoms with van der Waals surface area (Å²) < 4.78 is -0.0126. The van der Waals surface area contributed by atoms with Gasteiger partial charge in [0.25, 0.3) is 6.72 Å². The Hall–Kier alpha value is 0.940. The van der Waals surface area contributed by atoms with Crippen LogP contribution in [0.2, 0.25) is 0 Å². The minimum absolute atomic E-state index is 0.0126. The zero-order chi connectivity index (χ0) is 9.07. The van der Waals surface area contributed by atoms with Crippen molar-refractivity contribution in [3.05, 3.63) is 10.6 Å². The fourth-order valence-corrected chi connectivity index (χ4v) is 1.95. The highest BCUT2D eigenvalue weighted by Crippen LogP contribution is 2.34. The van der Waals surface area contributed by atoms with Gasteiger partial charge in [-0.05, 0) is 16.3 Å². The Morgan fingerprint density at radius 2 is 1.91 bits per heavy atom. The molecule has 0 aromatic heterocycles. The first-order valence-corrected chi connectivity index (χ1v) is 6.85. The molecule has 0 fully saturated rings. The topological polar surface area (TPSA) is 86.7 Å². The fourth-order valence-electron chi connectivity index (χ4n) is 0.248. The molecular weight excluding hydrogens is 232 g/mol. The van der Waals surface area contributed by atoms with Gasteiger partial charge in [-0.15, -0.1) is 0 Å². The normalized spacial score (nSPS) is 14.4. The van der Waals surface area contributed by atoms with E-state index in [9.17, 15) is 0 Å². The lowest BCUT2D eigenvalue weighted by Gasteiger charge is -2.07. The lowest BCUT2D eigenvalue weighted by Crippen LogP contribution is -2.08. The molecule has 0 saturated carbocycles. The van der Waals surface area contributed by atoms with E-state index < -0.39 is 17.0 Å². The van der Waals surface area contributed by atoms with Gasteiger partial charge < -0.3 is 14.7 Å². The fraction of sp³-hybridized carbons (Fsp3) is 0.333. The summed E-state index contributed by atoms with van der Waals surface area (Å²) in [4.78, 5) is 25.8. The molecule has 0 spiro atoms. The first-order chi connectivity index (χ1) is 4.84. The second-order valence-corrected chi connectivity index (χ2v) is 7.62. The maximum atomic E-state index is 8.59. The second-order valence-electron chi connectivity index (χ2n) is 1.57. The van der Waals surface area contributed by atoms with Gasteiger partial charge in [0.15, 0.2) is 0 Å². The van der Waals surface area contributed by atoms with Gasteiger partial charge in [-0.2, -0.15) is 0 Å². The smallest absolute Gasteiger partial charge is 0.290 e. The molecule has 0 aliphatic heterocycles.